The van der Waals surface area contributed by atoms with E-state index in [1.807, 2.05) is 19.9 Å². The molecular weight excluding hydrogens is 304 g/mol. The SMILES string of the molecule is CCNC(=NCC(C)(C)CN(C)C)NCC(C)(O)c1ccc(C)o1. The number of aryl methyl sites for hydroxylation is 1. The molecule has 0 aromatic carbocycles. The molecule has 6 heteroatoms. The minimum Gasteiger partial charge on any atom is -0.463 e. The number of furan rings is 1. The average molecular weight is 338 g/mol. The number of rotatable bonds is 8. The van der Waals surface area contributed by atoms with Gasteiger partial charge in [-0.05, 0) is 52.4 Å². The fourth-order valence-corrected chi connectivity index (χ4v) is 2.61. The predicted octanol–water partition coefficient (Wildman–Crippen LogP) is 1.94. The van der Waals surface area contributed by atoms with Gasteiger partial charge in [0, 0.05) is 19.6 Å². The average Bonchev–Trinajstić information content (AvgIpc) is 2.88. The zero-order chi connectivity index (χ0) is 18.4. The van der Waals surface area contributed by atoms with Gasteiger partial charge in [0.15, 0.2) is 5.96 Å². The van der Waals surface area contributed by atoms with Gasteiger partial charge in [0.2, 0.25) is 0 Å². The molecule has 0 spiro atoms. The van der Waals surface area contributed by atoms with Crippen LogP contribution >= 0.6 is 0 Å². The molecule has 0 aliphatic carbocycles. The highest BCUT2D eigenvalue weighted by molar-refractivity contribution is 5.79. The van der Waals surface area contributed by atoms with Crippen LogP contribution in [0, 0.1) is 12.3 Å². The maximum Gasteiger partial charge on any atom is 0.191 e. The summed E-state index contributed by atoms with van der Waals surface area (Å²) in [7, 11) is 4.13. The Balaban J connectivity index is 2.70. The highest BCUT2D eigenvalue weighted by Gasteiger charge is 2.27. The summed E-state index contributed by atoms with van der Waals surface area (Å²) < 4.78 is 5.54. The molecule has 1 heterocycles. The molecule has 1 aromatic heterocycles. The topological polar surface area (TPSA) is 73.0 Å². The van der Waals surface area contributed by atoms with Crippen LogP contribution in [0.25, 0.3) is 0 Å². The largest absolute Gasteiger partial charge is 0.463 e. The number of nitrogens with zero attached hydrogens (tertiary/aromatic N) is 2. The standard InChI is InChI=1S/C18H34N4O2/c1-8-19-16(20-11-17(3,4)13-22(6)7)21-12-18(5,23)15-10-9-14(2)24-15/h9-10,23H,8,11-13H2,1-7H3,(H2,19,20,21). The van der Waals surface area contributed by atoms with Crippen LogP contribution in [0.4, 0.5) is 0 Å². The monoisotopic (exact) mass is 338 g/mol. The molecule has 0 aliphatic heterocycles. The first-order valence-corrected chi connectivity index (χ1v) is 8.52. The molecule has 6 nitrogen and oxygen atoms in total. The number of hydrogen-bond acceptors (Lipinski definition) is 4. The number of nitrogens with one attached hydrogen (secondary N) is 2. The van der Waals surface area contributed by atoms with Crippen LogP contribution < -0.4 is 10.6 Å². The molecule has 0 radical (unpaired) electrons. The van der Waals surface area contributed by atoms with Gasteiger partial charge in [-0.25, -0.2) is 0 Å². The molecule has 0 saturated heterocycles. The van der Waals surface area contributed by atoms with Crippen LogP contribution in [0.5, 0.6) is 0 Å². The van der Waals surface area contributed by atoms with E-state index in [2.05, 4.69) is 48.5 Å². The molecule has 3 N–H and O–H groups in total. The van der Waals surface area contributed by atoms with E-state index < -0.39 is 5.60 Å². The van der Waals surface area contributed by atoms with E-state index in [-0.39, 0.29) is 5.41 Å². The van der Waals surface area contributed by atoms with Gasteiger partial charge in [-0.1, -0.05) is 13.8 Å². The van der Waals surface area contributed by atoms with Crippen molar-refractivity contribution in [3.05, 3.63) is 23.7 Å². The van der Waals surface area contributed by atoms with Gasteiger partial charge in [0.25, 0.3) is 0 Å². The second-order valence-electron chi connectivity index (χ2n) is 7.63. The maximum absolute atomic E-state index is 10.6. The highest BCUT2D eigenvalue weighted by Crippen LogP contribution is 2.22. The zero-order valence-electron chi connectivity index (χ0n) is 16.2. The third kappa shape index (κ3) is 6.93. The van der Waals surface area contributed by atoms with Crippen LogP contribution in [0.2, 0.25) is 0 Å². The molecular formula is C18H34N4O2. The summed E-state index contributed by atoms with van der Waals surface area (Å²) in [4.78, 5) is 6.83. The molecule has 138 valence electrons. The quantitative estimate of drug-likeness (QED) is 0.499. The molecule has 24 heavy (non-hydrogen) atoms. The van der Waals surface area contributed by atoms with Crippen molar-refractivity contribution >= 4 is 5.96 Å². The fourth-order valence-electron chi connectivity index (χ4n) is 2.61. The number of aliphatic imine (C=N–C) groups is 1. The minimum atomic E-state index is -1.09. The van der Waals surface area contributed by atoms with Gasteiger partial charge in [-0.3, -0.25) is 4.99 Å². The Morgan fingerprint density at radius 2 is 1.92 bits per heavy atom. The highest BCUT2D eigenvalue weighted by atomic mass is 16.4. The van der Waals surface area contributed by atoms with Crippen molar-refractivity contribution in [1.82, 2.24) is 15.5 Å². The van der Waals surface area contributed by atoms with Crippen molar-refractivity contribution in [2.75, 3.05) is 40.3 Å². The van der Waals surface area contributed by atoms with E-state index >= 15 is 0 Å². The molecule has 0 aliphatic rings. The van der Waals surface area contributed by atoms with Gasteiger partial charge in [-0.2, -0.15) is 0 Å². The van der Waals surface area contributed by atoms with E-state index in [1.165, 1.54) is 0 Å². The Hall–Kier alpha value is -1.53. The molecule has 1 unspecified atom stereocenters. The molecule has 0 fully saturated rings. The minimum absolute atomic E-state index is 0.0759. The van der Waals surface area contributed by atoms with Gasteiger partial charge < -0.3 is 25.1 Å². The molecule has 1 aromatic rings. The van der Waals surface area contributed by atoms with Crippen molar-refractivity contribution < 1.29 is 9.52 Å². The zero-order valence-corrected chi connectivity index (χ0v) is 16.2. The molecule has 0 amide bonds. The lowest BCUT2D eigenvalue weighted by Crippen LogP contribution is -2.45. The predicted molar refractivity (Wildman–Crippen MR) is 99.3 cm³/mol. The summed E-state index contributed by atoms with van der Waals surface area (Å²) in [5.74, 6) is 2.04. The Kier molecular flexibility index (Phi) is 7.29. The van der Waals surface area contributed by atoms with Crippen LogP contribution in [0.1, 0.15) is 39.2 Å². The maximum atomic E-state index is 10.6. The fraction of sp³-hybridized carbons (Fsp3) is 0.722. The van der Waals surface area contributed by atoms with Gasteiger partial charge in [0.1, 0.15) is 17.1 Å². The third-order valence-electron chi connectivity index (χ3n) is 3.62. The first-order chi connectivity index (χ1) is 11.1. The summed E-state index contributed by atoms with van der Waals surface area (Å²) >= 11 is 0. The molecule has 1 atom stereocenters. The van der Waals surface area contributed by atoms with Crippen molar-refractivity contribution in [2.45, 2.75) is 40.2 Å². The normalized spacial score (nSPS) is 15.5. The second-order valence-corrected chi connectivity index (χ2v) is 7.63. The van der Waals surface area contributed by atoms with Crippen LogP contribution in [0.15, 0.2) is 21.5 Å². The smallest absolute Gasteiger partial charge is 0.191 e. The lowest BCUT2D eigenvalue weighted by molar-refractivity contribution is 0.0378. The third-order valence-corrected chi connectivity index (χ3v) is 3.62. The lowest BCUT2D eigenvalue weighted by Gasteiger charge is -2.27. The lowest BCUT2D eigenvalue weighted by atomic mass is 9.93. The Labute approximate surface area is 146 Å². The number of aliphatic hydroxyl groups is 1. The van der Waals surface area contributed by atoms with Crippen molar-refractivity contribution in [2.24, 2.45) is 10.4 Å². The van der Waals surface area contributed by atoms with Gasteiger partial charge >= 0.3 is 0 Å². The molecule has 1 rings (SSSR count). The summed E-state index contributed by atoms with van der Waals surface area (Å²) in [6, 6.07) is 3.66. The second kappa shape index (κ2) is 8.53. The van der Waals surface area contributed by atoms with E-state index in [0.29, 0.717) is 24.8 Å². The van der Waals surface area contributed by atoms with Crippen LogP contribution in [0.3, 0.4) is 0 Å². The Morgan fingerprint density at radius 1 is 1.25 bits per heavy atom. The summed E-state index contributed by atoms with van der Waals surface area (Å²) in [5.41, 5.74) is -1.02. The summed E-state index contributed by atoms with van der Waals surface area (Å²) in [5, 5.41) is 17.0. The summed E-state index contributed by atoms with van der Waals surface area (Å²) in [6.07, 6.45) is 0. The Morgan fingerprint density at radius 3 is 2.42 bits per heavy atom. The molecule has 0 saturated carbocycles. The van der Waals surface area contributed by atoms with Crippen molar-refractivity contribution in [3.63, 3.8) is 0 Å². The summed E-state index contributed by atoms with van der Waals surface area (Å²) in [6.45, 7) is 12.8. The van der Waals surface area contributed by atoms with Crippen molar-refractivity contribution in [1.29, 1.82) is 0 Å². The number of hydrogen-bond donors (Lipinski definition) is 3. The molecule has 0 bridgehead atoms. The van der Waals surface area contributed by atoms with E-state index in [1.54, 1.807) is 13.0 Å². The van der Waals surface area contributed by atoms with Gasteiger partial charge in [-0.15, -0.1) is 0 Å². The van der Waals surface area contributed by atoms with Gasteiger partial charge in [0.05, 0.1) is 6.54 Å². The number of guanidine groups is 1. The van der Waals surface area contributed by atoms with Crippen LogP contribution in [-0.2, 0) is 5.60 Å². The first kappa shape index (κ1) is 20.5. The first-order valence-electron chi connectivity index (χ1n) is 8.52. The Bertz CT molecular complexity index is 533. The van der Waals surface area contributed by atoms with E-state index in [4.69, 9.17) is 4.42 Å². The van der Waals surface area contributed by atoms with E-state index in [0.717, 1.165) is 18.8 Å². The van der Waals surface area contributed by atoms with E-state index in [9.17, 15) is 5.11 Å². The van der Waals surface area contributed by atoms with Crippen molar-refractivity contribution in [3.8, 4) is 0 Å². The van der Waals surface area contributed by atoms with Crippen LogP contribution in [-0.4, -0.2) is 56.2 Å².